The van der Waals surface area contributed by atoms with Crippen molar-refractivity contribution in [2.45, 2.75) is 25.8 Å². The maximum absolute atomic E-state index is 11.3. The number of likely N-dealkylation sites (N-methyl/N-ethyl adjacent to an activating group) is 1. The van der Waals surface area contributed by atoms with Gasteiger partial charge < -0.3 is 20.7 Å². The molecule has 5 nitrogen and oxygen atoms in total. The lowest BCUT2D eigenvalue weighted by molar-refractivity contribution is -0.122. The van der Waals surface area contributed by atoms with Crippen LogP contribution in [0.4, 0.5) is 0 Å². The smallest absolute Gasteiger partial charge is 0.236 e. The Labute approximate surface area is 123 Å². The first kappa shape index (κ1) is 23.1. The number of rotatable bonds is 9. The summed E-state index contributed by atoms with van der Waals surface area (Å²) in [4.78, 5) is 13.5. The summed E-state index contributed by atoms with van der Waals surface area (Å²) >= 11 is 0. The SMILES string of the molecule is CC[C@H](N)C(=O)NCCCN(C)CCOC.Cl.Cl. The minimum atomic E-state index is -0.369. The Morgan fingerprint density at radius 1 is 1.39 bits per heavy atom. The molecule has 0 aromatic heterocycles. The summed E-state index contributed by atoms with van der Waals surface area (Å²) in [5, 5.41) is 2.82. The van der Waals surface area contributed by atoms with E-state index < -0.39 is 0 Å². The van der Waals surface area contributed by atoms with Crippen LogP contribution < -0.4 is 11.1 Å². The van der Waals surface area contributed by atoms with E-state index in [1.165, 1.54) is 0 Å². The van der Waals surface area contributed by atoms with E-state index in [4.69, 9.17) is 10.5 Å². The van der Waals surface area contributed by atoms with Gasteiger partial charge in [0, 0.05) is 20.2 Å². The highest BCUT2D eigenvalue weighted by molar-refractivity contribution is 5.85. The van der Waals surface area contributed by atoms with Crippen LogP contribution in [0.5, 0.6) is 0 Å². The standard InChI is InChI=1S/C11H25N3O2.2ClH/c1-4-10(12)11(15)13-6-5-7-14(2)8-9-16-3;;/h10H,4-9,12H2,1-3H3,(H,13,15);2*1H/t10-;;/m0../s1. The van der Waals surface area contributed by atoms with Gasteiger partial charge in [0.15, 0.2) is 0 Å². The molecule has 0 saturated heterocycles. The van der Waals surface area contributed by atoms with Gasteiger partial charge in [-0.25, -0.2) is 0 Å². The zero-order chi connectivity index (χ0) is 12.4. The quantitative estimate of drug-likeness (QED) is 0.614. The summed E-state index contributed by atoms with van der Waals surface area (Å²) in [5.74, 6) is -0.0537. The monoisotopic (exact) mass is 303 g/mol. The molecule has 0 bridgehead atoms. The minimum Gasteiger partial charge on any atom is -0.383 e. The molecule has 7 heteroatoms. The number of hydrogen-bond acceptors (Lipinski definition) is 4. The maximum atomic E-state index is 11.3. The van der Waals surface area contributed by atoms with E-state index in [9.17, 15) is 4.79 Å². The molecular formula is C11H27Cl2N3O2. The van der Waals surface area contributed by atoms with Gasteiger partial charge in [0.05, 0.1) is 12.6 Å². The summed E-state index contributed by atoms with van der Waals surface area (Å²) in [6.45, 7) is 5.19. The second-order valence-electron chi connectivity index (χ2n) is 3.96. The van der Waals surface area contributed by atoms with E-state index in [1.54, 1.807) is 7.11 Å². The Hall–Kier alpha value is -0.0700. The molecular weight excluding hydrogens is 277 g/mol. The summed E-state index contributed by atoms with van der Waals surface area (Å²) in [6.07, 6.45) is 1.61. The van der Waals surface area contributed by atoms with Gasteiger partial charge in [-0.05, 0) is 26.4 Å². The number of hydrogen-bond donors (Lipinski definition) is 2. The first-order chi connectivity index (χ1) is 7.61. The number of methoxy groups -OCH3 is 1. The average Bonchev–Trinajstić information content (AvgIpc) is 2.30. The van der Waals surface area contributed by atoms with Crippen LogP contribution in [0.25, 0.3) is 0 Å². The van der Waals surface area contributed by atoms with Crippen LogP contribution in [0.1, 0.15) is 19.8 Å². The highest BCUT2D eigenvalue weighted by Crippen LogP contribution is 1.89. The second-order valence-corrected chi connectivity index (χ2v) is 3.96. The first-order valence-corrected chi connectivity index (χ1v) is 5.82. The van der Waals surface area contributed by atoms with Crippen molar-refractivity contribution in [2.75, 3.05) is 40.4 Å². The number of ether oxygens (including phenoxy) is 1. The van der Waals surface area contributed by atoms with Crippen molar-refractivity contribution >= 4 is 30.7 Å². The van der Waals surface area contributed by atoms with E-state index in [0.29, 0.717) is 13.0 Å². The molecule has 0 aromatic carbocycles. The Balaban J connectivity index is -0.00000112. The molecule has 0 heterocycles. The average molecular weight is 304 g/mol. The Bertz CT molecular complexity index is 197. The highest BCUT2D eigenvalue weighted by Gasteiger charge is 2.09. The van der Waals surface area contributed by atoms with Crippen molar-refractivity contribution in [1.29, 1.82) is 0 Å². The van der Waals surface area contributed by atoms with E-state index in [-0.39, 0.29) is 36.8 Å². The van der Waals surface area contributed by atoms with Crippen molar-refractivity contribution in [3.8, 4) is 0 Å². The fourth-order valence-corrected chi connectivity index (χ4v) is 1.24. The van der Waals surface area contributed by atoms with Gasteiger partial charge in [0.2, 0.25) is 5.91 Å². The van der Waals surface area contributed by atoms with Crippen molar-refractivity contribution in [3.05, 3.63) is 0 Å². The fraction of sp³-hybridized carbons (Fsp3) is 0.909. The lowest BCUT2D eigenvalue weighted by atomic mass is 10.2. The third-order valence-corrected chi connectivity index (χ3v) is 2.47. The molecule has 0 unspecified atom stereocenters. The maximum Gasteiger partial charge on any atom is 0.236 e. The molecule has 0 aliphatic rings. The van der Waals surface area contributed by atoms with Gasteiger partial charge in [-0.3, -0.25) is 4.79 Å². The van der Waals surface area contributed by atoms with Gasteiger partial charge in [-0.2, -0.15) is 0 Å². The van der Waals surface area contributed by atoms with Crippen LogP contribution in [0.15, 0.2) is 0 Å². The number of halogens is 2. The summed E-state index contributed by atoms with van der Waals surface area (Å²) in [5.41, 5.74) is 5.59. The largest absolute Gasteiger partial charge is 0.383 e. The van der Waals surface area contributed by atoms with Gasteiger partial charge in [-0.15, -0.1) is 24.8 Å². The molecule has 0 aliphatic heterocycles. The van der Waals surface area contributed by atoms with Crippen LogP contribution in [-0.4, -0.2) is 57.2 Å². The lowest BCUT2D eigenvalue weighted by Crippen LogP contribution is -2.41. The first-order valence-electron chi connectivity index (χ1n) is 5.82. The Morgan fingerprint density at radius 2 is 2.00 bits per heavy atom. The molecule has 0 spiro atoms. The zero-order valence-electron chi connectivity index (χ0n) is 11.5. The number of nitrogens with two attached hydrogens (primary N) is 1. The van der Waals surface area contributed by atoms with Crippen LogP contribution >= 0.6 is 24.8 Å². The van der Waals surface area contributed by atoms with E-state index in [0.717, 1.165) is 26.1 Å². The van der Waals surface area contributed by atoms with Crippen LogP contribution in [-0.2, 0) is 9.53 Å². The molecule has 0 radical (unpaired) electrons. The number of nitrogens with one attached hydrogen (secondary N) is 1. The van der Waals surface area contributed by atoms with Crippen molar-refractivity contribution < 1.29 is 9.53 Å². The molecule has 0 aliphatic carbocycles. The van der Waals surface area contributed by atoms with Crippen LogP contribution in [0.3, 0.4) is 0 Å². The van der Waals surface area contributed by atoms with Gasteiger partial charge in [0.1, 0.15) is 0 Å². The van der Waals surface area contributed by atoms with Crippen LogP contribution in [0, 0.1) is 0 Å². The molecule has 0 fully saturated rings. The number of amides is 1. The van der Waals surface area contributed by atoms with Crippen LogP contribution in [0.2, 0.25) is 0 Å². The summed E-state index contributed by atoms with van der Waals surface area (Å²) < 4.78 is 4.98. The van der Waals surface area contributed by atoms with E-state index in [1.807, 2.05) is 14.0 Å². The highest BCUT2D eigenvalue weighted by atomic mass is 35.5. The van der Waals surface area contributed by atoms with Gasteiger partial charge in [0.25, 0.3) is 0 Å². The molecule has 112 valence electrons. The zero-order valence-corrected chi connectivity index (χ0v) is 13.1. The van der Waals surface area contributed by atoms with Crippen molar-refractivity contribution in [2.24, 2.45) is 5.73 Å². The number of nitrogens with zero attached hydrogens (tertiary/aromatic N) is 1. The summed E-state index contributed by atoms with van der Waals surface area (Å²) in [6, 6.07) is -0.369. The number of carbonyl (C=O) groups is 1. The Morgan fingerprint density at radius 3 is 2.50 bits per heavy atom. The molecule has 18 heavy (non-hydrogen) atoms. The van der Waals surface area contributed by atoms with Gasteiger partial charge >= 0.3 is 0 Å². The summed E-state index contributed by atoms with van der Waals surface area (Å²) in [7, 11) is 3.73. The topological polar surface area (TPSA) is 67.6 Å². The molecule has 0 rings (SSSR count). The normalized spacial score (nSPS) is 11.4. The molecule has 0 aromatic rings. The Kier molecular flexibility index (Phi) is 19.2. The van der Waals surface area contributed by atoms with Gasteiger partial charge in [-0.1, -0.05) is 6.92 Å². The molecule has 3 N–H and O–H groups in total. The van der Waals surface area contributed by atoms with Crippen molar-refractivity contribution in [3.63, 3.8) is 0 Å². The molecule has 1 amide bonds. The second kappa shape index (κ2) is 15.0. The third kappa shape index (κ3) is 12.4. The molecule has 0 saturated carbocycles. The predicted octanol–water partition coefficient (Wildman–Crippen LogP) is 0.652. The lowest BCUT2D eigenvalue weighted by Gasteiger charge is -2.16. The van der Waals surface area contributed by atoms with E-state index in [2.05, 4.69) is 10.2 Å². The minimum absolute atomic E-state index is 0. The fourth-order valence-electron chi connectivity index (χ4n) is 1.24. The molecule has 1 atom stereocenters. The third-order valence-electron chi connectivity index (χ3n) is 2.47. The van der Waals surface area contributed by atoms with E-state index >= 15 is 0 Å². The predicted molar refractivity (Wildman–Crippen MR) is 79.8 cm³/mol. The van der Waals surface area contributed by atoms with Crippen molar-refractivity contribution in [1.82, 2.24) is 10.2 Å². The number of carbonyl (C=O) groups excluding carboxylic acids is 1.